The Morgan fingerprint density at radius 2 is 1.89 bits per heavy atom. The molecule has 0 aromatic carbocycles. The summed E-state index contributed by atoms with van der Waals surface area (Å²) in [6, 6.07) is 0. The summed E-state index contributed by atoms with van der Waals surface area (Å²) in [5.41, 5.74) is 0.623. The fourth-order valence-corrected chi connectivity index (χ4v) is 3.02. The molecule has 0 amide bonds. The molecule has 5 heteroatoms. The standard InChI is InChI=1S/C13H26N2O2.ClH/c1-16-10-11-17-9-8-15-7-4-13(12-15)2-5-14-6-3-13;/h14H,2-12H2,1H3;1H. The van der Waals surface area contributed by atoms with E-state index in [2.05, 4.69) is 10.2 Å². The van der Waals surface area contributed by atoms with E-state index >= 15 is 0 Å². The Labute approximate surface area is 117 Å². The topological polar surface area (TPSA) is 33.7 Å². The van der Waals surface area contributed by atoms with Gasteiger partial charge in [-0.15, -0.1) is 12.4 Å². The fourth-order valence-electron chi connectivity index (χ4n) is 3.02. The number of halogens is 1. The Balaban J connectivity index is 0.00000162. The molecule has 0 radical (unpaired) electrons. The van der Waals surface area contributed by atoms with E-state index in [0.29, 0.717) is 12.0 Å². The molecule has 2 aliphatic rings. The number of ether oxygens (including phenoxy) is 2. The lowest BCUT2D eigenvalue weighted by atomic mass is 9.78. The second kappa shape index (κ2) is 8.33. The zero-order valence-electron chi connectivity index (χ0n) is 11.5. The molecule has 1 spiro atoms. The number of rotatable bonds is 6. The fraction of sp³-hybridized carbons (Fsp3) is 1.00. The predicted molar refractivity (Wildman–Crippen MR) is 75.5 cm³/mol. The van der Waals surface area contributed by atoms with Crippen molar-refractivity contribution in [1.82, 2.24) is 10.2 Å². The highest BCUT2D eigenvalue weighted by atomic mass is 35.5. The largest absolute Gasteiger partial charge is 0.382 e. The maximum Gasteiger partial charge on any atom is 0.0700 e. The first-order valence-electron chi connectivity index (χ1n) is 6.84. The minimum absolute atomic E-state index is 0. The number of hydrogen-bond donors (Lipinski definition) is 1. The Morgan fingerprint density at radius 3 is 2.61 bits per heavy atom. The predicted octanol–water partition coefficient (Wildman–Crippen LogP) is 1.15. The number of methoxy groups -OCH3 is 1. The van der Waals surface area contributed by atoms with Gasteiger partial charge in [0.05, 0.1) is 19.8 Å². The summed E-state index contributed by atoms with van der Waals surface area (Å²) < 4.78 is 10.5. The third-order valence-corrected chi connectivity index (χ3v) is 4.17. The number of nitrogens with zero attached hydrogens (tertiary/aromatic N) is 1. The van der Waals surface area contributed by atoms with Gasteiger partial charge in [-0.1, -0.05) is 0 Å². The molecule has 0 aromatic rings. The maximum absolute atomic E-state index is 5.53. The van der Waals surface area contributed by atoms with Crippen LogP contribution in [0.1, 0.15) is 19.3 Å². The van der Waals surface area contributed by atoms with Gasteiger partial charge in [0.25, 0.3) is 0 Å². The lowest BCUT2D eigenvalue weighted by molar-refractivity contribution is 0.0580. The first kappa shape index (κ1) is 16.2. The molecule has 2 rings (SSSR count). The Hall–Kier alpha value is 0.130. The van der Waals surface area contributed by atoms with Crippen LogP contribution in [0.15, 0.2) is 0 Å². The van der Waals surface area contributed by atoms with Crippen LogP contribution < -0.4 is 5.32 Å². The van der Waals surface area contributed by atoms with Gasteiger partial charge in [0.2, 0.25) is 0 Å². The molecule has 0 unspecified atom stereocenters. The van der Waals surface area contributed by atoms with E-state index in [4.69, 9.17) is 9.47 Å². The van der Waals surface area contributed by atoms with Gasteiger partial charge in [0.1, 0.15) is 0 Å². The molecule has 2 saturated heterocycles. The van der Waals surface area contributed by atoms with Crippen molar-refractivity contribution < 1.29 is 9.47 Å². The van der Waals surface area contributed by atoms with E-state index < -0.39 is 0 Å². The van der Waals surface area contributed by atoms with Crippen LogP contribution in [0.5, 0.6) is 0 Å². The molecule has 0 aromatic heterocycles. The molecule has 1 N–H and O–H groups in total. The van der Waals surface area contributed by atoms with Crippen LogP contribution in [-0.2, 0) is 9.47 Å². The van der Waals surface area contributed by atoms with Crippen LogP contribution in [-0.4, -0.2) is 64.6 Å². The molecule has 0 bridgehead atoms. The second-order valence-corrected chi connectivity index (χ2v) is 5.38. The van der Waals surface area contributed by atoms with Gasteiger partial charge in [-0.05, 0) is 44.3 Å². The molecule has 2 fully saturated rings. The molecule has 0 aliphatic carbocycles. The van der Waals surface area contributed by atoms with E-state index in [1.165, 1.54) is 45.4 Å². The minimum Gasteiger partial charge on any atom is -0.382 e. The highest BCUT2D eigenvalue weighted by molar-refractivity contribution is 5.85. The number of nitrogens with one attached hydrogen (secondary N) is 1. The van der Waals surface area contributed by atoms with Crippen molar-refractivity contribution in [2.75, 3.05) is 59.7 Å². The zero-order valence-corrected chi connectivity index (χ0v) is 12.3. The van der Waals surface area contributed by atoms with E-state index in [9.17, 15) is 0 Å². The van der Waals surface area contributed by atoms with Crippen molar-refractivity contribution >= 4 is 12.4 Å². The molecular formula is C13H27ClN2O2. The number of likely N-dealkylation sites (tertiary alicyclic amines) is 1. The molecule has 2 aliphatic heterocycles. The quantitative estimate of drug-likeness (QED) is 0.739. The number of hydrogen-bond acceptors (Lipinski definition) is 4. The van der Waals surface area contributed by atoms with Crippen molar-refractivity contribution in [3.63, 3.8) is 0 Å². The van der Waals surface area contributed by atoms with E-state index in [0.717, 1.165) is 19.8 Å². The summed E-state index contributed by atoms with van der Waals surface area (Å²) in [6.45, 7) is 8.30. The summed E-state index contributed by atoms with van der Waals surface area (Å²) in [4.78, 5) is 2.57. The van der Waals surface area contributed by atoms with Crippen molar-refractivity contribution in [3.8, 4) is 0 Å². The van der Waals surface area contributed by atoms with Crippen LogP contribution in [0.3, 0.4) is 0 Å². The summed E-state index contributed by atoms with van der Waals surface area (Å²) >= 11 is 0. The lowest BCUT2D eigenvalue weighted by Crippen LogP contribution is -2.39. The maximum atomic E-state index is 5.53. The summed E-state index contributed by atoms with van der Waals surface area (Å²) in [7, 11) is 1.71. The summed E-state index contributed by atoms with van der Waals surface area (Å²) in [5.74, 6) is 0. The van der Waals surface area contributed by atoms with Gasteiger partial charge in [0.15, 0.2) is 0 Å². The SMILES string of the molecule is COCCOCCN1CCC2(CCNCC2)C1.Cl. The Kier molecular flexibility index (Phi) is 7.49. The first-order chi connectivity index (χ1) is 8.35. The van der Waals surface area contributed by atoms with Crippen molar-refractivity contribution in [1.29, 1.82) is 0 Å². The Bertz CT molecular complexity index is 223. The van der Waals surface area contributed by atoms with Crippen LogP contribution in [0, 0.1) is 5.41 Å². The van der Waals surface area contributed by atoms with Crippen molar-refractivity contribution in [3.05, 3.63) is 0 Å². The van der Waals surface area contributed by atoms with Gasteiger partial charge in [-0.2, -0.15) is 0 Å². The van der Waals surface area contributed by atoms with E-state index in [1.54, 1.807) is 7.11 Å². The highest BCUT2D eigenvalue weighted by Gasteiger charge is 2.38. The minimum atomic E-state index is 0. The van der Waals surface area contributed by atoms with E-state index in [-0.39, 0.29) is 12.4 Å². The van der Waals surface area contributed by atoms with E-state index in [1.807, 2.05) is 0 Å². The molecule has 0 saturated carbocycles. The van der Waals surface area contributed by atoms with Crippen LogP contribution >= 0.6 is 12.4 Å². The van der Waals surface area contributed by atoms with Gasteiger partial charge in [-0.3, -0.25) is 0 Å². The highest BCUT2D eigenvalue weighted by Crippen LogP contribution is 2.38. The monoisotopic (exact) mass is 278 g/mol. The van der Waals surface area contributed by atoms with Crippen LogP contribution in [0.2, 0.25) is 0 Å². The second-order valence-electron chi connectivity index (χ2n) is 5.38. The summed E-state index contributed by atoms with van der Waals surface area (Å²) in [5, 5.41) is 3.46. The third-order valence-electron chi connectivity index (χ3n) is 4.17. The summed E-state index contributed by atoms with van der Waals surface area (Å²) in [6.07, 6.45) is 4.09. The van der Waals surface area contributed by atoms with Crippen LogP contribution in [0.4, 0.5) is 0 Å². The van der Waals surface area contributed by atoms with Gasteiger partial charge in [0, 0.05) is 20.2 Å². The molecular weight excluding hydrogens is 252 g/mol. The van der Waals surface area contributed by atoms with Gasteiger partial charge < -0.3 is 19.7 Å². The smallest absolute Gasteiger partial charge is 0.0700 e. The average Bonchev–Trinajstić information content (AvgIpc) is 2.73. The molecule has 0 atom stereocenters. The Morgan fingerprint density at radius 1 is 1.11 bits per heavy atom. The zero-order chi connectivity index (χ0) is 12.0. The number of piperidine rings is 1. The normalized spacial score (nSPS) is 23.2. The van der Waals surface area contributed by atoms with Gasteiger partial charge in [-0.25, -0.2) is 0 Å². The molecule has 18 heavy (non-hydrogen) atoms. The molecule has 2 heterocycles. The lowest BCUT2D eigenvalue weighted by Gasteiger charge is -2.33. The molecule has 4 nitrogen and oxygen atoms in total. The van der Waals surface area contributed by atoms with Crippen LogP contribution in [0.25, 0.3) is 0 Å². The van der Waals surface area contributed by atoms with Crippen molar-refractivity contribution in [2.24, 2.45) is 5.41 Å². The van der Waals surface area contributed by atoms with Gasteiger partial charge >= 0.3 is 0 Å². The third kappa shape index (κ3) is 4.67. The average molecular weight is 279 g/mol. The first-order valence-corrected chi connectivity index (χ1v) is 6.84. The molecule has 108 valence electrons. The van der Waals surface area contributed by atoms with Crippen molar-refractivity contribution in [2.45, 2.75) is 19.3 Å².